The SMILES string of the molecule is CCCS(=O)CC(NC(=O)/C(C=N)=C(/N)c1c(F)ccc(F)c1C)c1cccc(Cl)c1. The fourth-order valence-electron chi connectivity index (χ4n) is 3.06. The van der Waals surface area contributed by atoms with Crippen LogP contribution in [0.25, 0.3) is 5.70 Å². The van der Waals surface area contributed by atoms with Gasteiger partial charge < -0.3 is 16.5 Å². The van der Waals surface area contributed by atoms with Crippen LogP contribution >= 0.6 is 11.6 Å². The molecule has 0 aromatic heterocycles. The summed E-state index contributed by atoms with van der Waals surface area (Å²) < 4.78 is 40.6. The summed E-state index contributed by atoms with van der Waals surface area (Å²) in [6.07, 6.45) is 1.39. The Morgan fingerprint density at radius 3 is 2.58 bits per heavy atom. The van der Waals surface area contributed by atoms with E-state index >= 15 is 0 Å². The maximum absolute atomic E-state index is 14.3. The quantitative estimate of drug-likeness (QED) is 0.379. The Hall–Kier alpha value is -2.58. The third-order valence-electron chi connectivity index (χ3n) is 4.64. The molecule has 0 saturated heterocycles. The van der Waals surface area contributed by atoms with Gasteiger partial charge in [0.1, 0.15) is 11.6 Å². The topological polar surface area (TPSA) is 96.0 Å². The Morgan fingerprint density at radius 2 is 1.97 bits per heavy atom. The minimum atomic E-state index is -1.22. The van der Waals surface area contributed by atoms with Crippen LogP contribution in [0.4, 0.5) is 8.78 Å². The molecule has 2 rings (SSSR count). The van der Waals surface area contributed by atoms with Crippen LogP contribution < -0.4 is 11.1 Å². The van der Waals surface area contributed by atoms with Crippen LogP contribution in [0.3, 0.4) is 0 Å². The lowest BCUT2D eigenvalue weighted by Crippen LogP contribution is -2.34. The van der Waals surface area contributed by atoms with Crippen molar-refractivity contribution >= 4 is 40.2 Å². The summed E-state index contributed by atoms with van der Waals surface area (Å²) in [5.41, 5.74) is 5.58. The van der Waals surface area contributed by atoms with Gasteiger partial charge in [-0.3, -0.25) is 9.00 Å². The Morgan fingerprint density at radius 1 is 1.29 bits per heavy atom. The van der Waals surface area contributed by atoms with E-state index in [1.807, 2.05) is 6.92 Å². The highest BCUT2D eigenvalue weighted by Gasteiger charge is 2.23. The molecule has 0 bridgehead atoms. The molecule has 2 aromatic rings. The van der Waals surface area contributed by atoms with Gasteiger partial charge in [0.2, 0.25) is 0 Å². The molecule has 0 fully saturated rings. The summed E-state index contributed by atoms with van der Waals surface area (Å²) >= 11 is 6.06. The lowest BCUT2D eigenvalue weighted by atomic mass is 10.00. The number of halogens is 3. The van der Waals surface area contributed by atoms with E-state index in [-0.39, 0.29) is 28.1 Å². The number of amides is 1. The zero-order valence-corrected chi connectivity index (χ0v) is 18.7. The Labute approximate surface area is 187 Å². The van der Waals surface area contributed by atoms with E-state index in [4.69, 9.17) is 22.7 Å². The first-order chi connectivity index (χ1) is 14.7. The molecule has 0 aliphatic heterocycles. The fourth-order valence-corrected chi connectivity index (χ4v) is 4.53. The second-order valence-corrected chi connectivity index (χ2v) is 8.95. The van der Waals surface area contributed by atoms with Gasteiger partial charge >= 0.3 is 0 Å². The maximum atomic E-state index is 14.3. The van der Waals surface area contributed by atoms with E-state index in [0.717, 1.165) is 12.1 Å². The normalized spacial score (nSPS) is 13.8. The van der Waals surface area contributed by atoms with Crippen molar-refractivity contribution in [3.05, 3.63) is 75.3 Å². The van der Waals surface area contributed by atoms with Crippen molar-refractivity contribution in [3.63, 3.8) is 0 Å². The maximum Gasteiger partial charge on any atom is 0.255 e. The van der Waals surface area contributed by atoms with Crippen molar-refractivity contribution in [1.82, 2.24) is 5.32 Å². The molecule has 0 radical (unpaired) electrons. The van der Waals surface area contributed by atoms with Crippen molar-refractivity contribution in [2.75, 3.05) is 11.5 Å². The molecular formula is C22H24ClF2N3O2S. The molecule has 2 atom stereocenters. The first-order valence-electron chi connectivity index (χ1n) is 9.56. The van der Waals surface area contributed by atoms with Crippen LogP contribution in [0.15, 0.2) is 42.0 Å². The molecule has 0 spiro atoms. The number of rotatable bonds is 9. The van der Waals surface area contributed by atoms with Crippen molar-refractivity contribution < 1.29 is 17.8 Å². The van der Waals surface area contributed by atoms with Crippen LogP contribution in [0.5, 0.6) is 0 Å². The van der Waals surface area contributed by atoms with Crippen molar-refractivity contribution in [2.24, 2.45) is 5.73 Å². The molecule has 2 unspecified atom stereocenters. The van der Waals surface area contributed by atoms with Gasteiger partial charge in [-0.05, 0) is 48.7 Å². The van der Waals surface area contributed by atoms with Gasteiger partial charge in [-0.1, -0.05) is 30.7 Å². The molecule has 166 valence electrons. The van der Waals surface area contributed by atoms with E-state index in [1.54, 1.807) is 24.3 Å². The third kappa shape index (κ3) is 6.21. The van der Waals surface area contributed by atoms with Gasteiger partial charge in [-0.15, -0.1) is 0 Å². The molecule has 31 heavy (non-hydrogen) atoms. The molecule has 5 nitrogen and oxygen atoms in total. The highest BCUT2D eigenvalue weighted by molar-refractivity contribution is 7.85. The summed E-state index contributed by atoms with van der Waals surface area (Å²) in [6.45, 7) is 3.24. The molecule has 0 saturated carbocycles. The zero-order valence-electron chi connectivity index (χ0n) is 17.2. The number of carbonyl (C=O) groups is 1. The number of carbonyl (C=O) groups excluding carboxylic acids is 1. The van der Waals surface area contributed by atoms with Gasteiger partial charge in [-0.2, -0.15) is 0 Å². The summed E-state index contributed by atoms with van der Waals surface area (Å²) in [6, 6.07) is 7.93. The summed E-state index contributed by atoms with van der Waals surface area (Å²) in [4.78, 5) is 13.0. The summed E-state index contributed by atoms with van der Waals surface area (Å²) in [7, 11) is -1.22. The van der Waals surface area contributed by atoms with E-state index in [1.165, 1.54) is 6.92 Å². The highest BCUT2D eigenvalue weighted by atomic mass is 35.5. The molecule has 0 aliphatic carbocycles. The number of hydrogen-bond donors (Lipinski definition) is 3. The second kappa shape index (κ2) is 11.2. The second-order valence-electron chi connectivity index (χ2n) is 6.89. The number of hydrogen-bond acceptors (Lipinski definition) is 4. The first kappa shape index (κ1) is 24.7. The summed E-state index contributed by atoms with van der Waals surface area (Å²) in [5.74, 6) is -1.68. The first-order valence-corrected chi connectivity index (χ1v) is 11.4. The number of benzene rings is 2. The molecule has 1 amide bonds. The lowest BCUT2D eigenvalue weighted by molar-refractivity contribution is -0.117. The van der Waals surface area contributed by atoms with Crippen LogP contribution in [0.1, 0.15) is 36.1 Å². The molecule has 0 aliphatic rings. The number of nitrogens with two attached hydrogens (primary N) is 1. The van der Waals surface area contributed by atoms with Crippen LogP contribution in [-0.4, -0.2) is 27.8 Å². The summed E-state index contributed by atoms with van der Waals surface area (Å²) in [5, 5.41) is 10.8. The minimum Gasteiger partial charge on any atom is -0.397 e. The van der Waals surface area contributed by atoms with Gasteiger partial charge in [0.15, 0.2) is 0 Å². The number of nitrogens with one attached hydrogen (secondary N) is 2. The van der Waals surface area contributed by atoms with Gasteiger partial charge in [-0.25, -0.2) is 8.78 Å². The van der Waals surface area contributed by atoms with Crippen LogP contribution in [0, 0.1) is 24.0 Å². The Balaban J connectivity index is 2.44. The molecule has 4 N–H and O–H groups in total. The predicted octanol–water partition coefficient (Wildman–Crippen LogP) is 4.26. The van der Waals surface area contributed by atoms with Crippen LogP contribution in [-0.2, 0) is 15.6 Å². The Kier molecular flexibility index (Phi) is 8.88. The van der Waals surface area contributed by atoms with Gasteiger partial charge in [0.25, 0.3) is 5.91 Å². The average molecular weight is 468 g/mol. The Bertz CT molecular complexity index is 1040. The third-order valence-corrected chi connectivity index (χ3v) is 6.44. The van der Waals surface area contributed by atoms with Gasteiger partial charge in [0.05, 0.1) is 17.3 Å². The molecular weight excluding hydrogens is 444 g/mol. The van der Waals surface area contributed by atoms with Gasteiger partial charge in [0, 0.05) is 39.1 Å². The fraction of sp³-hybridized carbons (Fsp3) is 0.273. The monoisotopic (exact) mass is 467 g/mol. The highest BCUT2D eigenvalue weighted by Crippen LogP contribution is 2.25. The molecule has 0 heterocycles. The zero-order chi connectivity index (χ0) is 23.1. The van der Waals surface area contributed by atoms with Crippen molar-refractivity contribution in [1.29, 1.82) is 5.41 Å². The standard InChI is InChI=1S/C22H24ClF2N3O2S/c1-3-9-31(30)12-19(14-5-4-6-15(23)10-14)28-22(29)16(11-26)21(27)20-13(2)17(24)7-8-18(20)25/h4-8,10-11,19,26H,3,9,12,27H2,1-2H3,(H,28,29)/b21-16+,26-11?. The van der Waals surface area contributed by atoms with E-state index < -0.39 is 34.4 Å². The van der Waals surface area contributed by atoms with Crippen molar-refractivity contribution in [2.45, 2.75) is 26.3 Å². The molecule has 2 aromatic carbocycles. The smallest absolute Gasteiger partial charge is 0.255 e. The lowest BCUT2D eigenvalue weighted by Gasteiger charge is -2.20. The predicted molar refractivity (Wildman–Crippen MR) is 121 cm³/mol. The van der Waals surface area contributed by atoms with E-state index in [9.17, 15) is 17.8 Å². The molecule has 9 heteroatoms. The van der Waals surface area contributed by atoms with Crippen LogP contribution in [0.2, 0.25) is 5.02 Å². The average Bonchev–Trinajstić information content (AvgIpc) is 2.71. The minimum absolute atomic E-state index is 0.0694. The largest absolute Gasteiger partial charge is 0.397 e. The van der Waals surface area contributed by atoms with Crippen molar-refractivity contribution in [3.8, 4) is 0 Å². The van der Waals surface area contributed by atoms with E-state index in [2.05, 4.69) is 5.32 Å². The van der Waals surface area contributed by atoms with E-state index in [0.29, 0.717) is 29.0 Å².